The highest BCUT2D eigenvalue weighted by atomic mass is 32.2. The van der Waals surface area contributed by atoms with Crippen LogP contribution < -0.4 is 15.4 Å². The molecule has 0 heterocycles. The van der Waals surface area contributed by atoms with Crippen molar-refractivity contribution in [3.05, 3.63) is 29.8 Å². The fraction of sp³-hybridized carbons (Fsp3) is 0.462. The number of aliphatic imine (C=N–C) groups is 1. The third-order valence-electron chi connectivity index (χ3n) is 2.46. The number of thioether (sulfide) groups is 1. The highest BCUT2D eigenvalue weighted by Crippen LogP contribution is 2.19. The molecule has 0 saturated heterocycles. The van der Waals surface area contributed by atoms with Crippen molar-refractivity contribution in [2.24, 2.45) is 4.99 Å². The summed E-state index contributed by atoms with van der Waals surface area (Å²) in [7, 11) is 1.66. The predicted molar refractivity (Wildman–Crippen MR) is 79.7 cm³/mol. The molecule has 0 aliphatic rings. The van der Waals surface area contributed by atoms with Gasteiger partial charge in [-0.2, -0.15) is 20.5 Å². The third-order valence-corrected chi connectivity index (χ3v) is 3.07. The van der Waals surface area contributed by atoms with Gasteiger partial charge in [0, 0.05) is 31.5 Å². The first-order chi connectivity index (χ1) is 9.67. The maximum Gasteiger partial charge on any atom is 0.387 e. The third kappa shape index (κ3) is 6.10. The second-order valence-corrected chi connectivity index (χ2v) is 4.82. The van der Waals surface area contributed by atoms with E-state index in [9.17, 15) is 8.78 Å². The van der Waals surface area contributed by atoms with Crippen molar-refractivity contribution in [3.8, 4) is 5.75 Å². The lowest BCUT2D eigenvalue weighted by Crippen LogP contribution is -2.38. The van der Waals surface area contributed by atoms with Crippen LogP contribution in [0.4, 0.5) is 8.78 Å². The fourth-order valence-electron chi connectivity index (χ4n) is 1.53. The minimum atomic E-state index is -2.82. The van der Waals surface area contributed by atoms with E-state index in [0.29, 0.717) is 18.1 Å². The molecule has 0 saturated carbocycles. The van der Waals surface area contributed by atoms with E-state index in [1.807, 2.05) is 6.26 Å². The molecular weight excluding hydrogens is 284 g/mol. The Morgan fingerprint density at radius 3 is 2.75 bits per heavy atom. The van der Waals surface area contributed by atoms with Crippen molar-refractivity contribution < 1.29 is 13.5 Å². The highest BCUT2D eigenvalue weighted by molar-refractivity contribution is 7.98. The molecule has 112 valence electrons. The standard InChI is InChI=1S/C13H19F2N3OS/c1-16-13(17-7-8-20-2)18-9-10-5-3-4-6-11(10)19-12(14)15/h3-6,12H,7-9H2,1-2H3,(H2,16,17,18). The van der Waals surface area contributed by atoms with Crippen molar-refractivity contribution in [2.75, 3.05) is 25.6 Å². The van der Waals surface area contributed by atoms with Gasteiger partial charge in [-0.15, -0.1) is 0 Å². The second-order valence-electron chi connectivity index (χ2n) is 3.83. The fourth-order valence-corrected chi connectivity index (χ4v) is 1.84. The van der Waals surface area contributed by atoms with Crippen LogP contribution in [0.3, 0.4) is 0 Å². The minimum Gasteiger partial charge on any atom is -0.434 e. The summed E-state index contributed by atoms with van der Waals surface area (Å²) in [4.78, 5) is 4.06. The summed E-state index contributed by atoms with van der Waals surface area (Å²) in [6, 6.07) is 6.69. The highest BCUT2D eigenvalue weighted by Gasteiger charge is 2.09. The summed E-state index contributed by atoms with van der Waals surface area (Å²) in [5, 5.41) is 6.19. The van der Waals surface area contributed by atoms with Crippen LogP contribution in [0.15, 0.2) is 29.3 Å². The monoisotopic (exact) mass is 303 g/mol. The van der Waals surface area contributed by atoms with E-state index in [0.717, 1.165) is 12.3 Å². The molecule has 0 fully saturated rings. The van der Waals surface area contributed by atoms with Crippen molar-refractivity contribution >= 4 is 17.7 Å². The van der Waals surface area contributed by atoms with Gasteiger partial charge in [-0.25, -0.2) is 0 Å². The van der Waals surface area contributed by atoms with Crippen LogP contribution in [0, 0.1) is 0 Å². The summed E-state index contributed by atoms with van der Waals surface area (Å²) in [5.41, 5.74) is 0.653. The van der Waals surface area contributed by atoms with Crippen molar-refractivity contribution in [2.45, 2.75) is 13.2 Å². The molecule has 0 atom stereocenters. The molecule has 1 aromatic carbocycles. The number of nitrogens with one attached hydrogen (secondary N) is 2. The number of guanidine groups is 1. The first-order valence-electron chi connectivity index (χ1n) is 6.13. The van der Waals surface area contributed by atoms with Crippen LogP contribution in [0.2, 0.25) is 0 Å². The van der Waals surface area contributed by atoms with Gasteiger partial charge in [-0.1, -0.05) is 18.2 Å². The van der Waals surface area contributed by atoms with E-state index in [1.54, 1.807) is 37.0 Å². The van der Waals surface area contributed by atoms with Gasteiger partial charge in [0.2, 0.25) is 0 Å². The lowest BCUT2D eigenvalue weighted by molar-refractivity contribution is -0.0504. The van der Waals surface area contributed by atoms with Crippen LogP contribution in [0.5, 0.6) is 5.75 Å². The molecule has 0 bridgehead atoms. The second kappa shape index (κ2) is 9.41. The number of rotatable bonds is 7. The van der Waals surface area contributed by atoms with Crippen molar-refractivity contribution in [3.63, 3.8) is 0 Å². The molecule has 7 heteroatoms. The van der Waals surface area contributed by atoms with E-state index < -0.39 is 6.61 Å². The van der Waals surface area contributed by atoms with Crippen LogP contribution in [0.25, 0.3) is 0 Å². The van der Waals surface area contributed by atoms with Crippen LogP contribution in [-0.4, -0.2) is 38.2 Å². The molecule has 2 N–H and O–H groups in total. The van der Waals surface area contributed by atoms with Crippen LogP contribution in [-0.2, 0) is 6.54 Å². The van der Waals surface area contributed by atoms with Gasteiger partial charge in [0.15, 0.2) is 5.96 Å². The van der Waals surface area contributed by atoms with E-state index in [1.165, 1.54) is 6.07 Å². The number of nitrogens with zero attached hydrogens (tertiary/aromatic N) is 1. The maximum atomic E-state index is 12.3. The number of halogens is 2. The Kier molecular flexibility index (Phi) is 7.79. The van der Waals surface area contributed by atoms with E-state index in [-0.39, 0.29) is 5.75 Å². The number of alkyl halides is 2. The smallest absolute Gasteiger partial charge is 0.387 e. The number of para-hydroxylation sites is 1. The van der Waals surface area contributed by atoms with Gasteiger partial charge in [-0.05, 0) is 12.3 Å². The lowest BCUT2D eigenvalue weighted by atomic mass is 10.2. The quantitative estimate of drug-likeness (QED) is 0.461. The molecule has 4 nitrogen and oxygen atoms in total. The molecule has 0 aliphatic heterocycles. The first kappa shape index (κ1) is 16.6. The van der Waals surface area contributed by atoms with Gasteiger partial charge in [0.05, 0.1) is 0 Å². The van der Waals surface area contributed by atoms with Crippen molar-refractivity contribution in [1.82, 2.24) is 10.6 Å². The Hall–Kier alpha value is -1.50. The first-order valence-corrected chi connectivity index (χ1v) is 7.53. The molecule has 20 heavy (non-hydrogen) atoms. The summed E-state index contributed by atoms with van der Waals surface area (Å²) >= 11 is 1.73. The summed E-state index contributed by atoms with van der Waals surface area (Å²) < 4.78 is 29.1. The largest absolute Gasteiger partial charge is 0.434 e. The van der Waals surface area contributed by atoms with Gasteiger partial charge in [0.1, 0.15) is 5.75 Å². The Morgan fingerprint density at radius 2 is 2.10 bits per heavy atom. The normalized spacial score (nSPS) is 11.6. The number of hydrogen-bond donors (Lipinski definition) is 2. The Balaban J connectivity index is 2.55. The summed E-state index contributed by atoms with van der Waals surface area (Å²) in [5.74, 6) is 1.77. The number of hydrogen-bond acceptors (Lipinski definition) is 3. The van der Waals surface area contributed by atoms with Gasteiger partial charge < -0.3 is 15.4 Å². The van der Waals surface area contributed by atoms with E-state index in [2.05, 4.69) is 20.4 Å². The predicted octanol–water partition coefficient (Wildman–Crippen LogP) is 2.32. The van der Waals surface area contributed by atoms with Crippen molar-refractivity contribution in [1.29, 1.82) is 0 Å². The molecule has 0 radical (unpaired) electrons. The molecular formula is C13H19F2N3OS. The average molecular weight is 303 g/mol. The van der Waals surface area contributed by atoms with Crippen LogP contribution >= 0.6 is 11.8 Å². The van der Waals surface area contributed by atoms with E-state index >= 15 is 0 Å². The molecule has 0 unspecified atom stereocenters. The minimum absolute atomic E-state index is 0.176. The van der Waals surface area contributed by atoms with E-state index in [4.69, 9.17) is 0 Å². The summed E-state index contributed by atoms with van der Waals surface area (Å²) in [6.45, 7) is -1.67. The molecule has 1 rings (SSSR count). The number of ether oxygens (including phenoxy) is 1. The van der Waals surface area contributed by atoms with Gasteiger partial charge >= 0.3 is 6.61 Å². The van der Waals surface area contributed by atoms with Gasteiger partial charge in [-0.3, -0.25) is 4.99 Å². The molecule has 0 aromatic heterocycles. The zero-order chi connectivity index (χ0) is 14.8. The average Bonchev–Trinajstić information content (AvgIpc) is 2.43. The zero-order valence-corrected chi connectivity index (χ0v) is 12.3. The summed E-state index contributed by atoms with van der Waals surface area (Å²) in [6.07, 6.45) is 2.02. The molecule has 1 aromatic rings. The SMILES string of the molecule is CN=C(NCCSC)NCc1ccccc1OC(F)F. The maximum absolute atomic E-state index is 12.3. The Morgan fingerprint density at radius 1 is 1.35 bits per heavy atom. The molecule has 0 amide bonds. The lowest BCUT2D eigenvalue weighted by Gasteiger charge is -2.14. The number of benzene rings is 1. The topological polar surface area (TPSA) is 45.7 Å². The molecule has 0 aliphatic carbocycles. The zero-order valence-electron chi connectivity index (χ0n) is 11.5. The molecule has 0 spiro atoms. The van der Waals surface area contributed by atoms with Gasteiger partial charge in [0.25, 0.3) is 0 Å². The Bertz CT molecular complexity index is 430. The Labute approximate surface area is 122 Å². The van der Waals surface area contributed by atoms with Crippen LogP contribution in [0.1, 0.15) is 5.56 Å².